The molecule has 0 spiro atoms. The molecule has 1 aliphatic rings. The number of hydrogen-bond donors (Lipinski definition) is 1. The van der Waals surface area contributed by atoms with Gasteiger partial charge in [0, 0.05) is 12.1 Å². The van der Waals surface area contributed by atoms with Gasteiger partial charge in [0.05, 0.1) is 5.41 Å². The van der Waals surface area contributed by atoms with E-state index in [0.29, 0.717) is 0 Å². The molecule has 0 atom stereocenters. The van der Waals surface area contributed by atoms with Gasteiger partial charge in [-0.15, -0.1) is 0 Å². The number of nitrogens with one attached hydrogen (secondary N) is 1. The van der Waals surface area contributed by atoms with Gasteiger partial charge in [-0.25, -0.2) is 13.6 Å². The van der Waals surface area contributed by atoms with Gasteiger partial charge in [-0.3, -0.25) is 4.79 Å². The number of carbonyl (C=O) groups excluding carboxylic acids is 2. The number of ether oxygens (including phenoxy) is 2. The van der Waals surface area contributed by atoms with Gasteiger partial charge >= 0.3 is 12.1 Å². The fraction of sp³-hybridized carbons (Fsp3) is 0.391. The Morgan fingerprint density at radius 3 is 2.23 bits per heavy atom. The van der Waals surface area contributed by atoms with E-state index in [1.807, 2.05) is 30.3 Å². The SMILES string of the molecule is CC(C)(C)OC(=O)C1(c2cc(F)cc(F)c2)CC(NC(=O)OCc2ccccc2)C1. The molecule has 0 bridgehead atoms. The number of halogens is 2. The summed E-state index contributed by atoms with van der Waals surface area (Å²) >= 11 is 0. The molecule has 0 heterocycles. The van der Waals surface area contributed by atoms with Crippen molar-refractivity contribution in [3.05, 3.63) is 71.3 Å². The maximum absolute atomic E-state index is 13.8. The molecule has 5 nitrogen and oxygen atoms in total. The highest BCUT2D eigenvalue weighted by atomic mass is 19.1. The molecule has 160 valence electrons. The molecule has 0 radical (unpaired) electrons. The first kappa shape index (κ1) is 21.7. The first-order valence-electron chi connectivity index (χ1n) is 9.75. The molecular formula is C23H25F2NO4. The van der Waals surface area contributed by atoms with Crippen LogP contribution in [0.2, 0.25) is 0 Å². The van der Waals surface area contributed by atoms with E-state index in [4.69, 9.17) is 9.47 Å². The van der Waals surface area contributed by atoms with Crippen molar-refractivity contribution in [2.24, 2.45) is 0 Å². The van der Waals surface area contributed by atoms with Crippen molar-refractivity contribution in [1.29, 1.82) is 0 Å². The van der Waals surface area contributed by atoms with Crippen molar-refractivity contribution in [2.45, 2.75) is 57.3 Å². The smallest absolute Gasteiger partial charge is 0.407 e. The Kier molecular flexibility index (Phi) is 6.10. The van der Waals surface area contributed by atoms with Crippen molar-refractivity contribution in [2.75, 3.05) is 0 Å². The summed E-state index contributed by atoms with van der Waals surface area (Å²) in [6, 6.07) is 11.9. The summed E-state index contributed by atoms with van der Waals surface area (Å²) in [7, 11) is 0. The summed E-state index contributed by atoms with van der Waals surface area (Å²) in [5, 5.41) is 2.70. The van der Waals surface area contributed by atoms with Crippen LogP contribution in [-0.2, 0) is 26.3 Å². The normalized spacial score (nSPS) is 20.8. The van der Waals surface area contributed by atoms with E-state index in [0.717, 1.165) is 23.8 Å². The average molecular weight is 417 g/mol. The summed E-state index contributed by atoms with van der Waals surface area (Å²) in [6.45, 7) is 5.28. The number of amides is 1. The van der Waals surface area contributed by atoms with E-state index >= 15 is 0 Å². The molecule has 1 fully saturated rings. The van der Waals surface area contributed by atoms with Gasteiger partial charge < -0.3 is 14.8 Å². The van der Waals surface area contributed by atoms with Crippen LogP contribution in [0.3, 0.4) is 0 Å². The van der Waals surface area contributed by atoms with E-state index < -0.39 is 34.7 Å². The minimum absolute atomic E-state index is 0.117. The molecule has 0 aromatic heterocycles. The zero-order valence-electron chi connectivity index (χ0n) is 17.2. The monoisotopic (exact) mass is 417 g/mol. The van der Waals surface area contributed by atoms with Crippen LogP contribution in [0.1, 0.15) is 44.7 Å². The summed E-state index contributed by atoms with van der Waals surface area (Å²) < 4.78 is 38.3. The highest BCUT2D eigenvalue weighted by Crippen LogP contribution is 2.46. The number of alkyl carbamates (subject to hydrolysis) is 1. The topological polar surface area (TPSA) is 64.6 Å². The number of esters is 1. The van der Waals surface area contributed by atoms with Crippen LogP contribution < -0.4 is 5.32 Å². The second kappa shape index (κ2) is 8.42. The second-order valence-corrected chi connectivity index (χ2v) is 8.55. The molecule has 1 saturated carbocycles. The maximum Gasteiger partial charge on any atom is 0.407 e. The van der Waals surface area contributed by atoms with Gasteiger partial charge in [-0.2, -0.15) is 0 Å². The lowest BCUT2D eigenvalue weighted by Gasteiger charge is -2.46. The van der Waals surface area contributed by atoms with Crippen molar-refractivity contribution >= 4 is 12.1 Å². The largest absolute Gasteiger partial charge is 0.459 e. The second-order valence-electron chi connectivity index (χ2n) is 8.55. The predicted molar refractivity (Wildman–Crippen MR) is 107 cm³/mol. The van der Waals surface area contributed by atoms with Crippen molar-refractivity contribution in [1.82, 2.24) is 5.32 Å². The molecule has 1 amide bonds. The third-order valence-corrected chi connectivity index (χ3v) is 4.93. The van der Waals surface area contributed by atoms with Gasteiger partial charge in [0.25, 0.3) is 0 Å². The van der Waals surface area contributed by atoms with Crippen LogP contribution >= 0.6 is 0 Å². The summed E-state index contributed by atoms with van der Waals surface area (Å²) in [5.74, 6) is -2.12. The fourth-order valence-corrected chi connectivity index (χ4v) is 3.54. The first-order valence-corrected chi connectivity index (χ1v) is 9.75. The Balaban J connectivity index is 1.69. The minimum Gasteiger partial charge on any atom is -0.459 e. The lowest BCUT2D eigenvalue weighted by atomic mass is 9.61. The van der Waals surface area contributed by atoms with E-state index in [1.54, 1.807) is 20.8 Å². The third-order valence-electron chi connectivity index (χ3n) is 4.93. The predicted octanol–water partition coefficient (Wildman–Crippen LogP) is 4.63. The standard InChI is InChI=1S/C23H25F2NO4/c1-22(2,3)30-20(27)23(16-9-17(24)11-18(25)10-16)12-19(13-23)26-21(28)29-14-15-7-5-4-6-8-15/h4-11,19H,12-14H2,1-3H3,(H,26,28). The van der Waals surface area contributed by atoms with Crippen LogP contribution in [0, 0.1) is 11.6 Å². The highest BCUT2D eigenvalue weighted by molar-refractivity contribution is 5.85. The molecule has 0 aliphatic heterocycles. The summed E-state index contributed by atoms with van der Waals surface area (Å²) in [4.78, 5) is 25.0. The Morgan fingerprint density at radius 2 is 1.67 bits per heavy atom. The van der Waals surface area contributed by atoms with Gasteiger partial charge in [0.1, 0.15) is 23.8 Å². The van der Waals surface area contributed by atoms with E-state index in [-0.39, 0.29) is 31.1 Å². The quantitative estimate of drug-likeness (QED) is 0.721. The zero-order valence-corrected chi connectivity index (χ0v) is 17.2. The van der Waals surface area contributed by atoms with E-state index in [9.17, 15) is 18.4 Å². The molecule has 7 heteroatoms. The van der Waals surface area contributed by atoms with Gasteiger partial charge in [-0.05, 0) is 56.9 Å². The molecule has 3 rings (SSSR count). The van der Waals surface area contributed by atoms with Crippen LogP contribution in [0.4, 0.5) is 13.6 Å². The first-order chi connectivity index (χ1) is 14.1. The molecule has 0 unspecified atom stereocenters. The molecule has 30 heavy (non-hydrogen) atoms. The van der Waals surface area contributed by atoms with Gasteiger partial charge in [-0.1, -0.05) is 30.3 Å². The molecule has 0 saturated heterocycles. The Morgan fingerprint density at radius 1 is 1.07 bits per heavy atom. The van der Waals surface area contributed by atoms with Crippen LogP contribution in [0.25, 0.3) is 0 Å². The van der Waals surface area contributed by atoms with Crippen molar-refractivity contribution in [3.8, 4) is 0 Å². The van der Waals surface area contributed by atoms with Crippen LogP contribution in [-0.4, -0.2) is 23.7 Å². The van der Waals surface area contributed by atoms with E-state index in [2.05, 4.69) is 5.32 Å². The molecule has 2 aromatic carbocycles. The van der Waals surface area contributed by atoms with Gasteiger partial charge in [0.15, 0.2) is 0 Å². The Hall–Kier alpha value is -2.96. The van der Waals surface area contributed by atoms with Crippen LogP contribution in [0.5, 0.6) is 0 Å². The Bertz CT molecular complexity index is 898. The minimum atomic E-state index is -1.23. The molecule has 1 aliphatic carbocycles. The third kappa shape index (κ3) is 5.14. The number of hydrogen-bond acceptors (Lipinski definition) is 4. The number of benzene rings is 2. The zero-order chi connectivity index (χ0) is 21.9. The van der Waals surface area contributed by atoms with Crippen molar-refractivity contribution < 1.29 is 27.8 Å². The number of carbonyl (C=O) groups is 2. The lowest BCUT2D eigenvalue weighted by Crippen LogP contribution is -2.58. The molecular weight excluding hydrogens is 392 g/mol. The molecule has 2 aromatic rings. The fourth-order valence-electron chi connectivity index (χ4n) is 3.54. The van der Waals surface area contributed by atoms with Gasteiger partial charge in [0.2, 0.25) is 0 Å². The summed E-state index contributed by atoms with van der Waals surface area (Å²) in [5.41, 5.74) is -0.944. The maximum atomic E-state index is 13.8. The molecule has 1 N–H and O–H groups in total. The number of rotatable bonds is 5. The highest BCUT2D eigenvalue weighted by Gasteiger charge is 2.54. The lowest BCUT2D eigenvalue weighted by molar-refractivity contribution is -0.167. The average Bonchev–Trinajstić information content (AvgIpc) is 2.61. The Labute approximate surface area is 174 Å². The van der Waals surface area contributed by atoms with E-state index in [1.165, 1.54) is 0 Å². The van der Waals surface area contributed by atoms with Crippen LogP contribution in [0.15, 0.2) is 48.5 Å². The summed E-state index contributed by atoms with van der Waals surface area (Å²) in [6.07, 6.45) is -0.302. The van der Waals surface area contributed by atoms with Crippen molar-refractivity contribution in [3.63, 3.8) is 0 Å².